The van der Waals surface area contributed by atoms with Crippen molar-refractivity contribution in [2.24, 2.45) is 0 Å². The highest BCUT2D eigenvalue weighted by Crippen LogP contribution is 2.29. The van der Waals surface area contributed by atoms with Gasteiger partial charge in [0, 0.05) is 33.1 Å². The third-order valence-corrected chi connectivity index (χ3v) is 6.95. The predicted molar refractivity (Wildman–Crippen MR) is 108 cm³/mol. The van der Waals surface area contributed by atoms with E-state index in [1.165, 1.54) is 47.6 Å². The van der Waals surface area contributed by atoms with Crippen molar-refractivity contribution in [1.82, 2.24) is 9.21 Å². The molecule has 1 heterocycles. The zero-order valence-electron chi connectivity index (χ0n) is 17.1. The molecule has 0 atom stereocenters. The van der Waals surface area contributed by atoms with Crippen molar-refractivity contribution in [1.29, 1.82) is 0 Å². The Kier molecular flexibility index (Phi) is 6.89. The van der Waals surface area contributed by atoms with Gasteiger partial charge in [0.1, 0.15) is 6.61 Å². The van der Waals surface area contributed by atoms with Gasteiger partial charge in [-0.2, -0.15) is 17.5 Å². The van der Waals surface area contributed by atoms with Crippen LogP contribution in [0.15, 0.2) is 53.4 Å². The lowest BCUT2D eigenvalue weighted by molar-refractivity contribution is -0.137. The van der Waals surface area contributed by atoms with Crippen LogP contribution in [-0.2, 0) is 32.3 Å². The zero-order chi connectivity index (χ0) is 23.5. The molecule has 0 N–H and O–H groups in total. The number of hydrogen-bond acceptors (Lipinski definition) is 5. The van der Waals surface area contributed by atoms with Crippen LogP contribution in [0.1, 0.15) is 28.4 Å². The van der Waals surface area contributed by atoms with Gasteiger partial charge < -0.3 is 9.64 Å². The Morgan fingerprint density at radius 3 is 2.19 bits per heavy atom. The Balaban J connectivity index is 1.63. The fourth-order valence-corrected chi connectivity index (χ4v) is 4.65. The van der Waals surface area contributed by atoms with Crippen LogP contribution in [0.3, 0.4) is 0 Å². The number of carbonyl (C=O) groups excluding carboxylic acids is 2. The maximum absolute atomic E-state index is 12.8. The Morgan fingerprint density at radius 1 is 1.00 bits per heavy atom. The van der Waals surface area contributed by atoms with Crippen LogP contribution < -0.4 is 0 Å². The van der Waals surface area contributed by atoms with Gasteiger partial charge in [-0.25, -0.2) is 13.2 Å². The van der Waals surface area contributed by atoms with Crippen molar-refractivity contribution < 1.29 is 35.9 Å². The number of halogens is 3. The van der Waals surface area contributed by atoms with E-state index in [4.69, 9.17) is 4.74 Å². The summed E-state index contributed by atoms with van der Waals surface area (Å²) in [5.74, 6) is -0.906. The molecule has 0 aromatic heterocycles. The monoisotopic (exact) mass is 470 g/mol. The third-order valence-electron chi connectivity index (χ3n) is 5.04. The van der Waals surface area contributed by atoms with E-state index in [0.29, 0.717) is 13.1 Å². The van der Waals surface area contributed by atoms with Crippen molar-refractivity contribution in [3.8, 4) is 0 Å². The highest BCUT2D eigenvalue weighted by Gasteiger charge is 2.31. The summed E-state index contributed by atoms with van der Waals surface area (Å²) in [6.07, 6.45) is -4.50. The number of hydrogen-bond donors (Lipinski definition) is 0. The predicted octanol–water partition coefficient (Wildman–Crippen LogP) is 2.92. The molecule has 0 saturated carbocycles. The summed E-state index contributed by atoms with van der Waals surface area (Å²) in [6, 6.07) is 9.56. The molecule has 1 saturated heterocycles. The highest BCUT2D eigenvalue weighted by atomic mass is 32.2. The molecule has 0 bridgehead atoms. The minimum absolute atomic E-state index is 0.0109. The maximum Gasteiger partial charge on any atom is 0.416 e. The van der Waals surface area contributed by atoms with E-state index in [1.807, 2.05) is 0 Å². The van der Waals surface area contributed by atoms with Crippen LogP contribution in [0.25, 0.3) is 0 Å². The molecule has 0 unspecified atom stereocenters. The summed E-state index contributed by atoms with van der Waals surface area (Å²) in [5, 5.41) is 0. The Bertz CT molecular complexity index is 1090. The number of alkyl halides is 3. The SMILES string of the molecule is CC(=O)N1CCN(S(=O)(=O)c2ccc(C(=O)OCc3cccc(C(F)(F)F)c3)cc2)CC1. The number of piperazine rings is 1. The molecular weight excluding hydrogens is 449 g/mol. The Hall–Kier alpha value is -2.92. The van der Waals surface area contributed by atoms with Crippen molar-refractivity contribution in [3.05, 3.63) is 65.2 Å². The smallest absolute Gasteiger partial charge is 0.416 e. The minimum Gasteiger partial charge on any atom is -0.457 e. The maximum atomic E-state index is 12.8. The van der Waals surface area contributed by atoms with Gasteiger partial charge in [0.25, 0.3) is 0 Å². The van der Waals surface area contributed by atoms with Crippen LogP contribution in [0.2, 0.25) is 0 Å². The van der Waals surface area contributed by atoms with Crippen molar-refractivity contribution in [2.45, 2.75) is 24.6 Å². The molecule has 0 radical (unpaired) electrons. The second kappa shape index (κ2) is 9.29. The normalized spacial score (nSPS) is 15.4. The minimum atomic E-state index is -4.50. The van der Waals surface area contributed by atoms with Gasteiger partial charge in [-0.15, -0.1) is 0 Å². The molecule has 1 aliphatic rings. The highest BCUT2D eigenvalue weighted by molar-refractivity contribution is 7.89. The van der Waals surface area contributed by atoms with Gasteiger partial charge in [0.15, 0.2) is 0 Å². The molecule has 0 aliphatic carbocycles. The number of rotatable bonds is 5. The Morgan fingerprint density at radius 2 is 1.62 bits per heavy atom. The molecule has 3 rings (SSSR count). The van der Waals surface area contributed by atoms with E-state index in [2.05, 4.69) is 0 Å². The summed E-state index contributed by atoms with van der Waals surface area (Å²) >= 11 is 0. The molecule has 7 nitrogen and oxygen atoms in total. The summed E-state index contributed by atoms with van der Waals surface area (Å²) in [5.41, 5.74) is -0.598. The summed E-state index contributed by atoms with van der Waals surface area (Å²) < 4.78 is 70.2. The Labute approximate surface area is 183 Å². The fourth-order valence-electron chi connectivity index (χ4n) is 3.23. The molecule has 0 spiro atoms. The van der Waals surface area contributed by atoms with Gasteiger partial charge in [-0.3, -0.25) is 4.79 Å². The number of ether oxygens (including phenoxy) is 1. The number of sulfonamides is 1. The van der Waals surface area contributed by atoms with Gasteiger partial charge in [-0.1, -0.05) is 12.1 Å². The quantitative estimate of drug-likeness (QED) is 0.628. The van der Waals surface area contributed by atoms with Crippen molar-refractivity contribution in [2.75, 3.05) is 26.2 Å². The number of esters is 1. The van der Waals surface area contributed by atoms with Crippen molar-refractivity contribution in [3.63, 3.8) is 0 Å². The second-order valence-corrected chi connectivity index (χ2v) is 9.15. The van der Waals surface area contributed by atoms with E-state index >= 15 is 0 Å². The third kappa shape index (κ3) is 5.46. The molecule has 1 amide bonds. The first-order valence-electron chi connectivity index (χ1n) is 9.67. The molecule has 172 valence electrons. The lowest BCUT2D eigenvalue weighted by Gasteiger charge is -2.33. The first-order chi connectivity index (χ1) is 15.0. The number of carbonyl (C=O) groups is 2. The van der Waals surface area contributed by atoms with E-state index in [0.717, 1.165) is 12.1 Å². The van der Waals surface area contributed by atoms with E-state index in [9.17, 15) is 31.2 Å². The molecule has 1 aliphatic heterocycles. The second-order valence-electron chi connectivity index (χ2n) is 7.21. The lowest BCUT2D eigenvalue weighted by Crippen LogP contribution is -2.49. The molecular formula is C21H21F3N2O5S. The molecule has 32 heavy (non-hydrogen) atoms. The summed E-state index contributed by atoms with van der Waals surface area (Å²) in [7, 11) is -3.79. The number of nitrogens with zero attached hydrogens (tertiary/aromatic N) is 2. The van der Waals surface area contributed by atoms with Crippen LogP contribution in [0.5, 0.6) is 0 Å². The van der Waals surface area contributed by atoms with Gasteiger partial charge in [-0.05, 0) is 42.0 Å². The zero-order valence-corrected chi connectivity index (χ0v) is 17.9. The lowest BCUT2D eigenvalue weighted by atomic mass is 10.1. The molecule has 2 aromatic carbocycles. The van der Waals surface area contributed by atoms with Crippen LogP contribution in [0.4, 0.5) is 13.2 Å². The first-order valence-corrected chi connectivity index (χ1v) is 11.1. The largest absolute Gasteiger partial charge is 0.457 e. The number of benzene rings is 2. The topological polar surface area (TPSA) is 84.0 Å². The van der Waals surface area contributed by atoms with Gasteiger partial charge in [0.2, 0.25) is 15.9 Å². The van der Waals surface area contributed by atoms with Crippen LogP contribution >= 0.6 is 0 Å². The van der Waals surface area contributed by atoms with Crippen LogP contribution in [0, 0.1) is 0 Å². The van der Waals surface area contributed by atoms with E-state index < -0.39 is 27.7 Å². The average Bonchev–Trinajstić information content (AvgIpc) is 2.77. The average molecular weight is 470 g/mol. The van der Waals surface area contributed by atoms with Gasteiger partial charge in [0.05, 0.1) is 16.0 Å². The summed E-state index contributed by atoms with van der Waals surface area (Å²) in [4.78, 5) is 25.2. The molecule has 2 aromatic rings. The summed E-state index contributed by atoms with van der Waals surface area (Å²) in [6.45, 7) is 2.01. The van der Waals surface area contributed by atoms with Crippen LogP contribution in [-0.4, -0.2) is 55.7 Å². The fraction of sp³-hybridized carbons (Fsp3) is 0.333. The van der Waals surface area contributed by atoms with Gasteiger partial charge >= 0.3 is 12.1 Å². The van der Waals surface area contributed by atoms with Crippen molar-refractivity contribution >= 4 is 21.9 Å². The molecule has 1 fully saturated rings. The first kappa shape index (κ1) is 23.7. The van der Waals surface area contributed by atoms with E-state index in [1.54, 1.807) is 4.90 Å². The molecule has 11 heteroatoms. The standard InChI is InChI=1S/C21H21F3N2O5S/c1-15(27)25-9-11-26(12-10-25)32(29,30)19-7-5-17(6-8-19)20(28)31-14-16-3-2-4-18(13-16)21(22,23)24/h2-8,13H,9-12,14H2,1H3. The van der Waals surface area contributed by atoms with E-state index in [-0.39, 0.29) is 41.6 Å². The number of amides is 1.